The Balaban J connectivity index is 3.33. The lowest BCUT2D eigenvalue weighted by atomic mass is 10.1. The smallest absolute Gasteiger partial charge is 0.302 e. The molecule has 0 saturated heterocycles. The SMILES string of the molecule is CCCCCCCCCCCOP(=O)(O)OCCCCCCC. The quantitative estimate of drug-likeness (QED) is 0.223. The summed E-state index contributed by atoms with van der Waals surface area (Å²) in [6.07, 6.45) is 16.4. The molecule has 1 atom stereocenters. The Hall–Kier alpha value is 0.110. The van der Waals surface area contributed by atoms with Crippen LogP contribution in [-0.2, 0) is 13.6 Å². The average molecular weight is 350 g/mol. The van der Waals surface area contributed by atoms with Gasteiger partial charge in [0, 0.05) is 0 Å². The van der Waals surface area contributed by atoms with Crippen molar-refractivity contribution in [2.24, 2.45) is 0 Å². The normalized spacial score (nSPS) is 14.0. The minimum absolute atomic E-state index is 0.315. The van der Waals surface area contributed by atoms with Crippen LogP contribution in [0.2, 0.25) is 0 Å². The van der Waals surface area contributed by atoms with E-state index < -0.39 is 7.82 Å². The third-order valence-electron chi connectivity index (χ3n) is 4.00. The van der Waals surface area contributed by atoms with Gasteiger partial charge in [-0.25, -0.2) is 4.57 Å². The second kappa shape index (κ2) is 17.0. The second-order valence-electron chi connectivity index (χ2n) is 6.38. The summed E-state index contributed by atoms with van der Waals surface area (Å²) >= 11 is 0. The Morgan fingerprint density at radius 2 is 0.913 bits per heavy atom. The van der Waals surface area contributed by atoms with Crippen LogP contribution in [0.15, 0.2) is 0 Å². The summed E-state index contributed by atoms with van der Waals surface area (Å²) in [5.74, 6) is 0. The van der Waals surface area contributed by atoms with Crippen molar-refractivity contribution in [3.63, 3.8) is 0 Å². The van der Waals surface area contributed by atoms with Crippen LogP contribution in [0.4, 0.5) is 0 Å². The molecule has 0 bridgehead atoms. The molecule has 1 unspecified atom stereocenters. The standard InChI is InChI=1S/C18H39O4P/c1-3-5-7-9-10-11-12-14-16-18-22-23(19,20)21-17-15-13-8-6-4-2/h3-18H2,1-2H3,(H,19,20). The Labute approximate surface area is 144 Å². The van der Waals surface area contributed by atoms with Gasteiger partial charge in [0.15, 0.2) is 0 Å². The van der Waals surface area contributed by atoms with Crippen molar-refractivity contribution in [3.8, 4) is 0 Å². The summed E-state index contributed by atoms with van der Waals surface area (Å²) in [6.45, 7) is 5.03. The molecule has 4 nitrogen and oxygen atoms in total. The van der Waals surface area contributed by atoms with E-state index in [4.69, 9.17) is 9.05 Å². The van der Waals surface area contributed by atoms with Gasteiger partial charge < -0.3 is 4.89 Å². The molecular weight excluding hydrogens is 311 g/mol. The third kappa shape index (κ3) is 18.3. The second-order valence-corrected chi connectivity index (χ2v) is 7.83. The van der Waals surface area contributed by atoms with Crippen LogP contribution in [0.5, 0.6) is 0 Å². The van der Waals surface area contributed by atoms with Crippen molar-refractivity contribution in [1.82, 2.24) is 0 Å². The van der Waals surface area contributed by atoms with Crippen LogP contribution in [0.3, 0.4) is 0 Å². The molecular formula is C18H39O4P. The molecule has 140 valence electrons. The Kier molecular flexibility index (Phi) is 17.0. The molecule has 0 aromatic heterocycles. The summed E-state index contributed by atoms with van der Waals surface area (Å²) in [4.78, 5) is 9.55. The van der Waals surface area contributed by atoms with E-state index in [9.17, 15) is 9.46 Å². The van der Waals surface area contributed by atoms with Crippen LogP contribution >= 0.6 is 7.82 Å². The van der Waals surface area contributed by atoms with Crippen molar-refractivity contribution in [1.29, 1.82) is 0 Å². The van der Waals surface area contributed by atoms with Crippen molar-refractivity contribution < 1.29 is 18.5 Å². The van der Waals surface area contributed by atoms with E-state index in [0.29, 0.717) is 13.2 Å². The minimum Gasteiger partial charge on any atom is -0.302 e. The van der Waals surface area contributed by atoms with Gasteiger partial charge in [-0.05, 0) is 12.8 Å². The van der Waals surface area contributed by atoms with Crippen molar-refractivity contribution in [3.05, 3.63) is 0 Å². The summed E-state index contributed by atoms with van der Waals surface area (Å²) in [6, 6.07) is 0. The zero-order valence-electron chi connectivity index (χ0n) is 15.4. The van der Waals surface area contributed by atoms with E-state index >= 15 is 0 Å². The van der Waals surface area contributed by atoms with Gasteiger partial charge in [0.05, 0.1) is 13.2 Å². The van der Waals surface area contributed by atoms with Crippen molar-refractivity contribution >= 4 is 7.82 Å². The Morgan fingerprint density at radius 1 is 0.609 bits per heavy atom. The molecule has 23 heavy (non-hydrogen) atoms. The monoisotopic (exact) mass is 350 g/mol. The highest BCUT2D eigenvalue weighted by molar-refractivity contribution is 7.47. The van der Waals surface area contributed by atoms with Gasteiger partial charge in [0.25, 0.3) is 0 Å². The number of hydrogen-bond acceptors (Lipinski definition) is 3. The number of phosphoric ester groups is 1. The molecule has 0 aromatic rings. The lowest BCUT2D eigenvalue weighted by Crippen LogP contribution is -1.99. The molecule has 1 N–H and O–H groups in total. The van der Waals surface area contributed by atoms with Gasteiger partial charge in [-0.3, -0.25) is 9.05 Å². The first-order valence-corrected chi connectivity index (χ1v) is 11.2. The minimum atomic E-state index is -3.82. The molecule has 0 aliphatic heterocycles. The number of unbranched alkanes of at least 4 members (excludes halogenated alkanes) is 12. The third-order valence-corrected chi connectivity index (χ3v) is 5.02. The molecule has 0 saturated carbocycles. The summed E-state index contributed by atoms with van der Waals surface area (Å²) in [5.41, 5.74) is 0. The van der Waals surface area contributed by atoms with Crippen molar-refractivity contribution in [2.75, 3.05) is 13.2 Å². The van der Waals surface area contributed by atoms with Gasteiger partial charge in [-0.1, -0.05) is 90.9 Å². The predicted molar refractivity (Wildman–Crippen MR) is 97.7 cm³/mol. The fourth-order valence-corrected chi connectivity index (χ4v) is 3.31. The lowest BCUT2D eigenvalue weighted by molar-refractivity contribution is 0.145. The van der Waals surface area contributed by atoms with Crippen LogP contribution < -0.4 is 0 Å². The highest BCUT2D eigenvalue weighted by Gasteiger charge is 2.19. The van der Waals surface area contributed by atoms with E-state index in [2.05, 4.69) is 13.8 Å². The molecule has 0 radical (unpaired) electrons. The fraction of sp³-hybridized carbons (Fsp3) is 1.00. The number of hydrogen-bond donors (Lipinski definition) is 1. The highest BCUT2D eigenvalue weighted by atomic mass is 31.2. The first kappa shape index (κ1) is 23.1. The average Bonchev–Trinajstić information content (AvgIpc) is 2.52. The maximum Gasteiger partial charge on any atom is 0.472 e. The van der Waals surface area contributed by atoms with E-state index in [-0.39, 0.29) is 0 Å². The fourth-order valence-electron chi connectivity index (χ4n) is 2.52. The molecule has 0 aromatic carbocycles. The van der Waals surface area contributed by atoms with Crippen LogP contribution in [0.1, 0.15) is 104 Å². The predicted octanol–water partition coefficient (Wildman–Crippen LogP) is 6.62. The lowest BCUT2D eigenvalue weighted by Gasteiger charge is -2.12. The summed E-state index contributed by atoms with van der Waals surface area (Å²) in [7, 11) is -3.82. The first-order chi connectivity index (χ1) is 11.1. The van der Waals surface area contributed by atoms with Gasteiger partial charge in [-0.2, -0.15) is 0 Å². The van der Waals surface area contributed by atoms with Crippen LogP contribution in [-0.4, -0.2) is 18.1 Å². The topological polar surface area (TPSA) is 55.8 Å². The zero-order valence-corrected chi connectivity index (χ0v) is 16.3. The van der Waals surface area contributed by atoms with Gasteiger partial charge >= 0.3 is 7.82 Å². The molecule has 0 fully saturated rings. The highest BCUT2D eigenvalue weighted by Crippen LogP contribution is 2.43. The number of phosphoric acid groups is 1. The van der Waals surface area contributed by atoms with E-state index in [1.807, 2.05) is 0 Å². The maximum absolute atomic E-state index is 11.6. The molecule has 0 aliphatic carbocycles. The Bertz CT molecular complexity index is 284. The van der Waals surface area contributed by atoms with Crippen molar-refractivity contribution in [2.45, 2.75) is 104 Å². The molecule has 0 rings (SSSR count). The van der Waals surface area contributed by atoms with Gasteiger partial charge in [-0.15, -0.1) is 0 Å². The van der Waals surface area contributed by atoms with E-state index in [1.165, 1.54) is 57.8 Å². The Morgan fingerprint density at radius 3 is 1.26 bits per heavy atom. The van der Waals surface area contributed by atoms with E-state index in [1.54, 1.807) is 0 Å². The molecule has 0 amide bonds. The molecule has 5 heteroatoms. The van der Waals surface area contributed by atoms with Crippen LogP contribution in [0.25, 0.3) is 0 Å². The molecule has 0 heterocycles. The maximum atomic E-state index is 11.6. The first-order valence-electron chi connectivity index (χ1n) is 9.74. The van der Waals surface area contributed by atoms with Gasteiger partial charge in [0.2, 0.25) is 0 Å². The summed E-state index contributed by atoms with van der Waals surface area (Å²) < 4.78 is 21.6. The van der Waals surface area contributed by atoms with Gasteiger partial charge in [0.1, 0.15) is 0 Å². The van der Waals surface area contributed by atoms with E-state index in [0.717, 1.165) is 32.1 Å². The summed E-state index contributed by atoms with van der Waals surface area (Å²) in [5, 5.41) is 0. The molecule has 0 spiro atoms. The molecule has 0 aliphatic rings. The number of rotatable bonds is 18. The largest absolute Gasteiger partial charge is 0.472 e. The van der Waals surface area contributed by atoms with Crippen LogP contribution in [0, 0.1) is 0 Å². The zero-order chi connectivity index (χ0) is 17.2.